The highest BCUT2D eigenvalue weighted by Crippen LogP contribution is 2.32. The predicted octanol–water partition coefficient (Wildman–Crippen LogP) is 2.33. The highest BCUT2D eigenvalue weighted by Gasteiger charge is 2.23. The van der Waals surface area contributed by atoms with Gasteiger partial charge in [-0.3, -0.25) is 0 Å². The van der Waals surface area contributed by atoms with Gasteiger partial charge in [0, 0.05) is 5.56 Å². The van der Waals surface area contributed by atoms with Crippen molar-refractivity contribution < 1.29 is 13.9 Å². The Balaban J connectivity index is 2.58. The number of halogens is 2. The van der Waals surface area contributed by atoms with Gasteiger partial charge in [0.15, 0.2) is 11.6 Å². The lowest BCUT2D eigenvalue weighted by atomic mass is 9.89. The first kappa shape index (κ1) is 8.63. The first-order valence-corrected chi connectivity index (χ1v) is 4.35. The van der Waals surface area contributed by atoms with E-state index in [1.165, 1.54) is 0 Å². The summed E-state index contributed by atoms with van der Waals surface area (Å²) in [6.45, 7) is 0. The molecule has 2 rings (SSSR count). The van der Waals surface area contributed by atoms with E-state index in [2.05, 4.69) is 0 Å². The molecule has 0 bridgehead atoms. The molecule has 70 valence electrons. The van der Waals surface area contributed by atoms with E-state index >= 15 is 0 Å². The Hall–Kier alpha value is -0.960. The number of rotatable bonds is 0. The molecule has 0 heterocycles. The van der Waals surface area contributed by atoms with Crippen molar-refractivity contribution in [2.24, 2.45) is 0 Å². The van der Waals surface area contributed by atoms with Crippen LogP contribution in [0.25, 0.3) is 0 Å². The molecule has 1 aromatic rings. The molecule has 0 saturated carbocycles. The largest absolute Gasteiger partial charge is 0.388 e. The van der Waals surface area contributed by atoms with Crippen LogP contribution in [-0.4, -0.2) is 5.11 Å². The average molecular weight is 184 g/mol. The molecule has 0 aliphatic heterocycles. The topological polar surface area (TPSA) is 20.2 Å². The van der Waals surface area contributed by atoms with E-state index in [1.54, 1.807) is 6.07 Å². The number of aliphatic hydroxyl groups excluding tert-OH is 1. The van der Waals surface area contributed by atoms with Crippen molar-refractivity contribution in [3.8, 4) is 0 Å². The van der Waals surface area contributed by atoms with E-state index in [1.807, 2.05) is 0 Å². The Bertz CT molecular complexity index is 336. The van der Waals surface area contributed by atoms with E-state index in [9.17, 15) is 13.9 Å². The van der Waals surface area contributed by atoms with Crippen molar-refractivity contribution in [1.82, 2.24) is 0 Å². The van der Waals surface area contributed by atoms with Crippen molar-refractivity contribution >= 4 is 0 Å². The molecule has 0 amide bonds. The van der Waals surface area contributed by atoms with Gasteiger partial charge in [-0.15, -0.1) is 0 Å². The maximum Gasteiger partial charge on any atom is 0.164 e. The molecule has 1 aromatic carbocycles. The minimum absolute atomic E-state index is 0.159. The monoisotopic (exact) mass is 184 g/mol. The van der Waals surface area contributed by atoms with Gasteiger partial charge >= 0.3 is 0 Å². The zero-order chi connectivity index (χ0) is 9.42. The molecular formula is C10H10F2O. The van der Waals surface area contributed by atoms with Gasteiger partial charge in [0.1, 0.15) is 0 Å². The molecule has 13 heavy (non-hydrogen) atoms. The maximum absolute atomic E-state index is 13.2. The third-order valence-electron chi connectivity index (χ3n) is 2.48. The lowest BCUT2D eigenvalue weighted by Gasteiger charge is -2.21. The molecule has 1 nitrogen and oxygen atoms in total. The molecule has 0 fully saturated rings. The SMILES string of the molecule is OC1CCCc2ccc(F)c(F)c21. The number of hydrogen-bond donors (Lipinski definition) is 1. The molecule has 0 saturated heterocycles. The summed E-state index contributed by atoms with van der Waals surface area (Å²) in [5, 5.41) is 9.46. The molecule has 1 aliphatic rings. The number of fused-ring (bicyclic) bond motifs is 1. The Kier molecular flexibility index (Phi) is 2.04. The van der Waals surface area contributed by atoms with E-state index in [0.29, 0.717) is 6.42 Å². The highest BCUT2D eigenvalue weighted by molar-refractivity contribution is 5.33. The van der Waals surface area contributed by atoms with Crippen LogP contribution in [-0.2, 0) is 6.42 Å². The number of aliphatic hydroxyl groups is 1. The van der Waals surface area contributed by atoms with Crippen LogP contribution in [0.15, 0.2) is 12.1 Å². The van der Waals surface area contributed by atoms with E-state index < -0.39 is 17.7 Å². The van der Waals surface area contributed by atoms with Crippen LogP contribution in [0.5, 0.6) is 0 Å². The summed E-state index contributed by atoms with van der Waals surface area (Å²) in [7, 11) is 0. The molecule has 1 atom stereocenters. The van der Waals surface area contributed by atoms with Crippen LogP contribution >= 0.6 is 0 Å². The second kappa shape index (κ2) is 3.07. The average Bonchev–Trinajstić information content (AvgIpc) is 2.12. The first-order valence-electron chi connectivity index (χ1n) is 4.35. The Morgan fingerprint density at radius 1 is 1.31 bits per heavy atom. The predicted molar refractivity (Wildman–Crippen MR) is 44.3 cm³/mol. The highest BCUT2D eigenvalue weighted by atomic mass is 19.2. The molecule has 1 N–H and O–H groups in total. The maximum atomic E-state index is 13.2. The van der Waals surface area contributed by atoms with Gasteiger partial charge in [0.25, 0.3) is 0 Å². The van der Waals surface area contributed by atoms with E-state index in [0.717, 1.165) is 24.5 Å². The summed E-state index contributed by atoms with van der Waals surface area (Å²) in [6.07, 6.45) is 1.25. The molecule has 3 heteroatoms. The third-order valence-corrected chi connectivity index (χ3v) is 2.48. The summed E-state index contributed by atoms with van der Waals surface area (Å²) >= 11 is 0. The van der Waals surface area contributed by atoms with Crippen molar-refractivity contribution in [2.45, 2.75) is 25.4 Å². The van der Waals surface area contributed by atoms with Crippen molar-refractivity contribution in [3.63, 3.8) is 0 Å². The molecule has 1 aliphatic carbocycles. The van der Waals surface area contributed by atoms with Gasteiger partial charge in [-0.05, 0) is 30.9 Å². The van der Waals surface area contributed by atoms with Gasteiger partial charge in [-0.2, -0.15) is 0 Å². The fraction of sp³-hybridized carbons (Fsp3) is 0.400. The van der Waals surface area contributed by atoms with Crippen LogP contribution < -0.4 is 0 Å². The van der Waals surface area contributed by atoms with Crippen LogP contribution in [0.4, 0.5) is 8.78 Å². The van der Waals surface area contributed by atoms with E-state index in [-0.39, 0.29) is 5.56 Å². The molecule has 0 radical (unpaired) electrons. The van der Waals surface area contributed by atoms with Gasteiger partial charge in [-0.1, -0.05) is 6.07 Å². The molecule has 0 aromatic heterocycles. The Labute approximate surface area is 75.0 Å². The van der Waals surface area contributed by atoms with Crippen molar-refractivity contribution in [2.75, 3.05) is 0 Å². The summed E-state index contributed by atoms with van der Waals surface area (Å²) in [5.74, 6) is -1.76. The van der Waals surface area contributed by atoms with Crippen LogP contribution in [0, 0.1) is 11.6 Å². The summed E-state index contributed by atoms with van der Waals surface area (Å²) < 4.78 is 26.0. The zero-order valence-electron chi connectivity index (χ0n) is 7.06. The van der Waals surface area contributed by atoms with Gasteiger partial charge < -0.3 is 5.11 Å². The Morgan fingerprint density at radius 2 is 2.08 bits per heavy atom. The first-order chi connectivity index (χ1) is 6.20. The summed E-state index contributed by atoms with van der Waals surface area (Å²) in [4.78, 5) is 0. The normalized spacial score (nSPS) is 21.3. The molecule has 1 unspecified atom stereocenters. The standard InChI is InChI=1S/C10H10F2O/c11-7-5-4-6-2-1-3-8(13)9(6)10(7)12/h4-5,8,13H,1-3H2. The van der Waals surface area contributed by atoms with Crippen LogP contribution in [0.1, 0.15) is 30.1 Å². The molecular weight excluding hydrogens is 174 g/mol. The fourth-order valence-corrected chi connectivity index (χ4v) is 1.81. The summed E-state index contributed by atoms with van der Waals surface area (Å²) in [6, 6.07) is 2.67. The quantitative estimate of drug-likeness (QED) is 0.656. The molecule has 0 spiro atoms. The minimum Gasteiger partial charge on any atom is -0.388 e. The number of benzene rings is 1. The van der Waals surface area contributed by atoms with Crippen LogP contribution in [0.2, 0.25) is 0 Å². The smallest absolute Gasteiger partial charge is 0.164 e. The van der Waals surface area contributed by atoms with E-state index in [4.69, 9.17) is 0 Å². The Morgan fingerprint density at radius 3 is 2.85 bits per heavy atom. The lowest BCUT2D eigenvalue weighted by Crippen LogP contribution is -2.12. The van der Waals surface area contributed by atoms with Gasteiger partial charge in [-0.25, -0.2) is 8.78 Å². The fourth-order valence-electron chi connectivity index (χ4n) is 1.81. The minimum atomic E-state index is -0.885. The number of hydrogen-bond acceptors (Lipinski definition) is 1. The zero-order valence-corrected chi connectivity index (χ0v) is 7.06. The van der Waals surface area contributed by atoms with Gasteiger partial charge in [0.05, 0.1) is 6.10 Å². The van der Waals surface area contributed by atoms with Crippen LogP contribution in [0.3, 0.4) is 0 Å². The lowest BCUT2D eigenvalue weighted by molar-refractivity contribution is 0.150. The van der Waals surface area contributed by atoms with Crippen molar-refractivity contribution in [3.05, 3.63) is 34.9 Å². The second-order valence-corrected chi connectivity index (χ2v) is 3.34. The second-order valence-electron chi connectivity index (χ2n) is 3.34. The summed E-state index contributed by atoms with van der Waals surface area (Å²) in [5.41, 5.74) is 0.893. The number of aryl methyl sites for hydroxylation is 1. The van der Waals surface area contributed by atoms with Gasteiger partial charge in [0.2, 0.25) is 0 Å². The van der Waals surface area contributed by atoms with Crippen molar-refractivity contribution in [1.29, 1.82) is 0 Å². The third kappa shape index (κ3) is 1.33.